The van der Waals surface area contributed by atoms with Crippen LogP contribution in [0.2, 0.25) is 5.02 Å². The molecule has 1 N–H and O–H groups in total. The molecule has 0 bridgehead atoms. The molecule has 4 nitrogen and oxygen atoms in total. The lowest BCUT2D eigenvalue weighted by Gasteiger charge is -2.32. The molecule has 1 aliphatic heterocycles. The molecule has 6 heteroatoms. The quantitative estimate of drug-likeness (QED) is 0.732. The molecule has 0 saturated heterocycles. The average molecular weight is 379 g/mol. The van der Waals surface area contributed by atoms with Crippen molar-refractivity contribution < 1.29 is 23.8 Å². The average Bonchev–Trinajstić information content (AvgIpc) is 2.56. The molecule has 0 spiro atoms. The maximum Gasteiger partial charge on any atom is 0.335 e. The van der Waals surface area contributed by atoms with Gasteiger partial charge in [0.25, 0.3) is 0 Å². The van der Waals surface area contributed by atoms with E-state index in [2.05, 4.69) is 13.8 Å². The molecule has 1 heterocycles. The van der Waals surface area contributed by atoms with E-state index < -0.39 is 11.8 Å². The van der Waals surface area contributed by atoms with E-state index in [-0.39, 0.29) is 22.0 Å². The third-order valence-corrected chi connectivity index (χ3v) is 4.31. The first kappa shape index (κ1) is 19.9. The molecule has 1 aliphatic rings. The van der Waals surface area contributed by atoms with E-state index in [0.29, 0.717) is 0 Å². The lowest BCUT2D eigenvalue weighted by molar-refractivity contribution is 0.0696. The number of ether oxygens (including phenoxy) is 1. The predicted molar refractivity (Wildman–Crippen MR) is 97.8 cm³/mol. The van der Waals surface area contributed by atoms with Gasteiger partial charge in [0.1, 0.15) is 17.2 Å². The number of carbonyl (C=O) groups is 2. The van der Waals surface area contributed by atoms with Crippen molar-refractivity contribution in [1.82, 2.24) is 0 Å². The minimum absolute atomic E-state index is 0.0172. The standard InChI is InChI=1S/C13H16O2.C7H4ClFO2/c1-9(14)10-4-5-12-11(8-10)6-7-13(2,3)15-12;8-5-3-4(7(10)11)1-2-6(5)9/h4-5,8H,6-7H2,1-3H3;1-3H,(H,10,11). The lowest BCUT2D eigenvalue weighted by Crippen LogP contribution is -2.32. The highest BCUT2D eigenvalue weighted by Gasteiger charge is 2.26. The third kappa shape index (κ3) is 5.05. The Hall–Kier alpha value is -2.40. The summed E-state index contributed by atoms with van der Waals surface area (Å²) in [4.78, 5) is 21.5. The summed E-state index contributed by atoms with van der Waals surface area (Å²) >= 11 is 5.32. The van der Waals surface area contributed by atoms with Crippen LogP contribution in [-0.2, 0) is 6.42 Å². The first-order valence-electron chi connectivity index (χ1n) is 8.10. The number of aromatic carboxylic acids is 1. The summed E-state index contributed by atoms with van der Waals surface area (Å²) in [5.74, 6) is -0.692. The van der Waals surface area contributed by atoms with Crippen molar-refractivity contribution in [3.63, 3.8) is 0 Å². The van der Waals surface area contributed by atoms with Crippen molar-refractivity contribution in [1.29, 1.82) is 0 Å². The fraction of sp³-hybridized carbons (Fsp3) is 0.300. The zero-order valence-corrected chi connectivity index (χ0v) is 15.6. The number of rotatable bonds is 2. The van der Waals surface area contributed by atoms with Crippen LogP contribution in [0.15, 0.2) is 36.4 Å². The third-order valence-electron chi connectivity index (χ3n) is 4.02. The lowest BCUT2D eigenvalue weighted by atomic mass is 9.93. The topological polar surface area (TPSA) is 63.6 Å². The van der Waals surface area contributed by atoms with Crippen molar-refractivity contribution in [3.8, 4) is 5.75 Å². The fourth-order valence-corrected chi connectivity index (χ4v) is 2.69. The molecule has 2 aromatic carbocycles. The molecule has 0 radical (unpaired) electrons. The summed E-state index contributed by atoms with van der Waals surface area (Å²) in [6.45, 7) is 5.78. The highest BCUT2D eigenvalue weighted by molar-refractivity contribution is 6.31. The van der Waals surface area contributed by atoms with Gasteiger partial charge in [0.15, 0.2) is 5.78 Å². The number of benzene rings is 2. The molecule has 3 rings (SSSR count). The Labute approximate surface area is 156 Å². The second-order valence-electron chi connectivity index (χ2n) is 6.67. The second-order valence-corrected chi connectivity index (χ2v) is 7.08. The van der Waals surface area contributed by atoms with Gasteiger partial charge in [-0.05, 0) is 75.6 Å². The van der Waals surface area contributed by atoms with Crippen LogP contribution >= 0.6 is 11.6 Å². The highest BCUT2D eigenvalue weighted by Crippen LogP contribution is 2.33. The Morgan fingerprint density at radius 1 is 1.15 bits per heavy atom. The number of aryl methyl sites for hydroxylation is 1. The van der Waals surface area contributed by atoms with Gasteiger partial charge in [-0.15, -0.1) is 0 Å². The number of hydrogen-bond donors (Lipinski definition) is 1. The number of ketones is 1. The number of Topliss-reactive ketones (excluding diaryl/α,β-unsaturated/α-hetero) is 1. The Bertz CT molecular complexity index is 846. The zero-order chi connectivity index (χ0) is 19.5. The number of carboxylic acid groups (broad SMARTS) is 1. The van der Waals surface area contributed by atoms with E-state index >= 15 is 0 Å². The number of hydrogen-bond acceptors (Lipinski definition) is 3. The summed E-state index contributed by atoms with van der Waals surface area (Å²) in [6, 6.07) is 8.94. The van der Waals surface area contributed by atoms with E-state index in [1.54, 1.807) is 6.92 Å². The molecule has 0 atom stereocenters. The Morgan fingerprint density at radius 3 is 2.38 bits per heavy atom. The van der Waals surface area contributed by atoms with Gasteiger partial charge in [-0.3, -0.25) is 4.79 Å². The molecule has 0 amide bonds. The molecule has 2 aromatic rings. The highest BCUT2D eigenvalue weighted by atomic mass is 35.5. The van der Waals surface area contributed by atoms with Crippen LogP contribution in [0.3, 0.4) is 0 Å². The second kappa shape index (κ2) is 7.87. The van der Waals surface area contributed by atoms with E-state index in [1.807, 2.05) is 18.2 Å². The number of carboxylic acids is 1. The molecule has 0 fully saturated rings. The monoisotopic (exact) mass is 378 g/mol. The van der Waals surface area contributed by atoms with Gasteiger partial charge in [0, 0.05) is 5.56 Å². The molecule has 0 saturated carbocycles. The van der Waals surface area contributed by atoms with Gasteiger partial charge < -0.3 is 9.84 Å². The number of carbonyl (C=O) groups excluding carboxylic acids is 1. The summed E-state index contributed by atoms with van der Waals surface area (Å²) in [6.07, 6.45) is 1.99. The summed E-state index contributed by atoms with van der Waals surface area (Å²) in [5, 5.41) is 8.24. The van der Waals surface area contributed by atoms with Gasteiger partial charge in [0.05, 0.1) is 10.6 Å². The summed E-state index contributed by atoms with van der Waals surface area (Å²) in [5.41, 5.74) is 1.83. The molecular weight excluding hydrogens is 359 g/mol. The SMILES string of the molecule is CC(=O)c1ccc2c(c1)CCC(C)(C)O2.O=C(O)c1ccc(F)c(Cl)c1. The van der Waals surface area contributed by atoms with Crippen LogP contribution in [0, 0.1) is 5.82 Å². The zero-order valence-electron chi connectivity index (χ0n) is 14.8. The van der Waals surface area contributed by atoms with Crippen LogP contribution in [0.1, 0.15) is 53.5 Å². The maximum absolute atomic E-state index is 12.4. The number of halogens is 2. The van der Waals surface area contributed by atoms with Gasteiger partial charge in [-0.2, -0.15) is 0 Å². The van der Waals surface area contributed by atoms with Gasteiger partial charge in [-0.25, -0.2) is 9.18 Å². The fourth-order valence-electron chi connectivity index (χ4n) is 2.51. The van der Waals surface area contributed by atoms with Crippen LogP contribution < -0.4 is 4.74 Å². The minimum Gasteiger partial charge on any atom is -0.488 e. The Balaban J connectivity index is 0.000000197. The van der Waals surface area contributed by atoms with E-state index in [0.717, 1.165) is 47.9 Å². The van der Waals surface area contributed by atoms with Crippen molar-refractivity contribution in [2.75, 3.05) is 0 Å². The van der Waals surface area contributed by atoms with Crippen molar-refractivity contribution in [3.05, 3.63) is 63.9 Å². The normalized spacial score (nSPS) is 14.3. The van der Waals surface area contributed by atoms with Crippen LogP contribution in [-0.4, -0.2) is 22.5 Å². The first-order chi connectivity index (χ1) is 12.1. The van der Waals surface area contributed by atoms with Crippen LogP contribution in [0.5, 0.6) is 5.75 Å². The van der Waals surface area contributed by atoms with E-state index in [1.165, 1.54) is 0 Å². The molecule has 138 valence electrons. The van der Waals surface area contributed by atoms with Crippen molar-refractivity contribution in [2.45, 2.75) is 39.2 Å². The van der Waals surface area contributed by atoms with Crippen LogP contribution in [0.4, 0.5) is 4.39 Å². The van der Waals surface area contributed by atoms with Crippen molar-refractivity contribution in [2.24, 2.45) is 0 Å². The molecule has 0 aromatic heterocycles. The van der Waals surface area contributed by atoms with E-state index in [4.69, 9.17) is 21.4 Å². The maximum atomic E-state index is 12.4. The smallest absolute Gasteiger partial charge is 0.335 e. The van der Waals surface area contributed by atoms with Gasteiger partial charge in [0.2, 0.25) is 0 Å². The minimum atomic E-state index is -1.12. The summed E-state index contributed by atoms with van der Waals surface area (Å²) in [7, 11) is 0. The van der Waals surface area contributed by atoms with Gasteiger partial charge in [-0.1, -0.05) is 11.6 Å². The number of fused-ring (bicyclic) bond motifs is 1. The molecule has 0 aliphatic carbocycles. The van der Waals surface area contributed by atoms with Gasteiger partial charge >= 0.3 is 5.97 Å². The van der Waals surface area contributed by atoms with Crippen LogP contribution in [0.25, 0.3) is 0 Å². The van der Waals surface area contributed by atoms with Crippen molar-refractivity contribution >= 4 is 23.4 Å². The molecular formula is C20H20ClFO4. The molecule has 26 heavy (non-hydrogen) atoms. The molecule has 0 unspecified atom stereocenters. The first-order valence-corrected chi connectivity index (χ1v) is 8.48. The largest absolute Gasteiger partial charge is 0.488 e. The predicted octanol–water partition coefficient (Wildman–Crippen LogP) is 5.17. The van der Waals surface area contributed by atoms with E-state index in [9.17, 15) is 14.0 Å². The Morgan fingerprint density at radius 2 is 1.81 bits per heavy atom. The Kier molecular flexibility index (Phi) is 6.03. The summed E-state index contributed by atoms with van der Waals surface area (Å²) < 4.78 is 18.3.